The third-order valence-electron chi connectivity index (χ3n) is 10.2. The fraction of sp³-hybridized carbons (Fsp3) is 0.333. The summed E-state index contributed by atoms with van der Waals surface area (Å²) >= 11 is 0. The highest BCUT2D eigenvalue weighted by molar-refractivity contribution is 5.93. The number of aromatic nitrogens is 4. The van der Waals surface area contributed by atoms with Crippen molar-refractivity contribution in [2.75, 3.05) is 0 Å². The van der Waals surface area contributed by atoms with Gasteiger partial charge in [0.25, 0.3) is 0 Å². The Kier molecular flexibility index (Phi) is 9.53. The van der Waals surface area contributed by atoms with E-state index in [1.807, 2.05) is 0 Å². The first-order valence-electron chi connectivity index (χ1n) is 17.8. The highest BCUT2D eigenvalue weighted by atomic mass is 15.1. The van der Waals surface area contributed by atoms with Crippen LogP contribution in [0, 0.1) is 62.3 Å². The van der Waals surface area contributed by atoms with Crippen LogP contribution in [0.4, 0.5) is 0 Å². The number of hydrogen-bond donors (Lipinski definition) is 0. The molecule has 6 rings (SSSR count). The molecule has 0 N–H and O–H groups in total. The lowest BCUT2D eigenvalue weighted by molar-refractivity contribution is -0.671. The molecule has 0 unspecified atom stereocenters. The van der Waals surface area contributed by atoms with Crippen LogP contribution in [0.3, 0.4) is 0 Å². The summed E-state index contributed by atoms with van der Waals surface area (Å²) in [5.41, 5.74) is 23.2. The van der Waals surface area contributed by atoms with E-state index >= 15 is 0 Å². The van der Waals surface area contributed by atoms with Crippen LogP contribution in [0.1, 0.15) is 61.2 Å². The zero-order chi connectivity index (χ0) is 35.1. The van der Waals surface area contributed by atoms with Gasteiger partial charge in [-0.15, -0.1) is 0 Å². The number of imidazole rings is 2. The van der Waals surface area contributed by atoms with Crippen molar-refractivity contribution < 1.29 is 9.13 Å². The third-order valence-corrected chi connectivity index (χ3v) is 10.2. The summed E-state index contributed by atoms with van der Waals surface area (Å²) in [6.07, 6.45) is 14.9. The van der Waals surface area contributed by atoms with Crippen LogP contribution < -0.4 is 9.13 Å². The van der Waals surface area contributed by atoms with Gasteiger partial charge in [0.2, 0.25) is 12.7 Å². The highest BCUT2D eigenvalue weighted by Gasteiger charge is 2.27. The Morgan fingerprint density at radius 1 is 0.429 bits per heavy atom. The van der Waals surface area contributed by atoms with Gasteiger partial charge < -0.3 is 0 Å². The van der Waals surface area contributed by atoms with Crippen molar-refractivity contribution in [2.24, 2.45) is 14.1 Å². The van der Waals surface area contributed by atoms with Gasteiger partial charge in [0, 0.05) is 12.8 Å². The fourth-order valence-electron chi connectivity index (χ4n) is 8.57. The Morgan fingerprint density at radius 3 is 1.06 bits per heavy atom. The Bertz CT molecular complexity index is 2000. The standard InChI is InChI=1S/C45H54N4/c1-29-20-32(4)42(33(5)21-29)40-26-41(43-34(6)22-30(2)23-35(43)7)39(13-15-49-19-17-47(11)28-49)45(44-36(8)24-31(3)25-37(44)9)38(40)12-14-48-18-16-46(10)27-48/h16-28H,12-15H2,1-11H3/q+2. The number of nitrogens with zero attached hydrogens (tertiary/aromatic N) is 4. The lowest BCUT2D eigenvalue weighted by Crippen LogP contribution is -2.24. The third kappa shape index (κ3) is 6.92. The Hall–Kier alpha value is -4.70. The van der Waals surface area contributed by atoms with Gasteiger partial charge in [-0.3, -0.25) is 0 Å². The summed E-state index contributed by atoms with van der Waals surface area (Å²) in [7, 11) is 4.21. The van der Waals surface area contributed by atoms with Crippen molar-refractivity contribution >= 4 is 0 Å². The van der Waals surface area contributed by atoms with Crippen LogP contribution in [0.25, 0.3) is 33.4 Å². The molecular weight excluding hydrogens is 597 g/mol. The smallest absolute Gasteiger partial charge is 0.240 e. The zero-order valence-electron chi connectivity index (χ0n) is 31.6. The average molecular weight is 651 g/mol. The van der Waals surface area contributed by atoms with Crippen LogP contribution in [0.5, 0.6) is 0 Å². The molecule has 4 heteroatoms. The second-order valence-corrected chi connectivity index (χ2v) is 14.8. The molecule has 0 spiro atoms. The van der Waals surface area contributed by atoms with Crippen LogP contribution in [0.15, 0.2) is 79.9 Å². The Balaban J connectivity index is 1.78. The summed E-state index contributed by atoms with van der Waals surface area (Å²) in [6.45, 7) is 22.3. The summed E-state index contributed by atoms with van der Waals surface area (Å²) < 4.78 is 8.94. The first-order chi connectivity index (χ1) is 23.3. The van der Waals surface area contributed by atoms with Crippen molar-refractivity contribution in [1.29, 1.82) is 0 Å². The largest absolute Gasteiger partial charge is 0.243 e. The molecule has 4 nitrogen and oxygen atoms in total. The second kappa shape index (κ2) is 13.7. The maximum Gasteiger partial charge on any atom is 0.243 e. The number of rotatable bonds is 9. The first kappa shape index (κ1) is 34.2. The number of aryl methyl sites for hydroxylation is 13. The molecule has 0 saturated heterocycles. The van der Waals surface area contributed by atoms with Crippen molar-refractivity contribution in [1.82, 2.24) is 9.13 Å². The van der Waals surface area contributed by atoms with Gasteiger partial charge in [0.05, 0.1) is 27.2 Å². The van der Waals surface area contributed by atoms with Crippen LogP contribution in [-0.2, 0) is 40.0 Å². The monoisotopic (exact) mass is 650 g/mol. The average Bonchev–Trinajstić information content (AvgIpc) is 3.61. The topological polar surface area (TPSA) is 17.6 Å². The summed E-state index contributed by atoms with van der Waals surface area (Å²) in [5.74, 6) is 0. The molecule has 0 aliphatic rings. The van der Waals surface area contributed by atoms with E-state index in [-0.39, 0.29) is 0 Å². The molecule has 0 aliphatic carbocycles. The van der Waals surface area contributed by atoms with E-state index in [0.29, 0.717) is 0 Å². The van der Waals surface area contributed by atoms with Gasteiger partial charge in [-0.25, -0.2) is 18.3 Å². The molecule has 49 heavy (non-hydrogen) atoms. The molecule has 4 aromatic carbocycles. The minimum atomic E-state index is 0.906. The lowest BCUT2D eigenvalue weighted by Gasteiger charge is -2.28. The van der Waals surface area contributed by atoms with Crippen molar-refractivity contribution in [3.63, 3.8) is 0 Å². The van der Waals surface area contributed by atoms with E-state index < -0.39 is 0 Å². The van der Waals surface area contributed by atoms with E-state index in [2.05, 4.69) is 175 Å². The van der Waals surface area contributed by atoms with Crippen LogP contribution >= 0.6 is 0 Å². The van der Waals surface area contributed by atoms with E-state index in [1.54, 1.807) is 0 Å². The Morgan fingerprint density at radius 2 is 0.755 bits per heavy atom. The van der Waals surface area contributed by atoms with Crippen molar-refractivity contribution in [3.05, 3.63) is 141 Å². The number of hydrogen-bond acceptors (Lipinski definition) is 0. The van der Waals surface area contributed by atoms with Crippen molar-refractivity contribution in [3.8, 4) is 33.4 Å². The molecule has 0 aliphatic heterocycles. The number of benzene rings is 4. The molecule has 0 fully saturated rings. The van der Waals surface area contributed by atoms with E-state index in [1.165, 1.54) is 94.6 Å². The summed E-state index contributed by atoms with van der Waals surface area (Å²) in [6, 6.07) is 16.8. The molecule has 0 amide bonds. The normalized spacial score (nSPS) is 11.5. The maximum absolute atomic E-state index is 2.58. The minimum Gasteiger partial charge on any atom is -0.240 e. The van der Waals surface area contributed by atoms with Crippen LogP contribution in [0.2, 0.25) is 0 Å². The fourth-order valence-corrected chi connectivity index (χ4v) is 8.57. The maximum atomic E-state index is 2.58. The molecule has 0 bridgehead atoms. The molecule has 0 radical (unpaired) electrons. The minimum absolute atomic E-state index is 0.906. The molecule has 252 valence electrons. The highest BCUT2D eigenvalue weighted by Crippen LogP contribution is 2.47. The molecule has 0 saturated carbocycles. The summed E-state index contributed by atoms with van der Waals surface area (Å²) in [4.78, 5) is 0. The predicted octanol–water partition coefficient (Wildman–Crippen LogP) is 9.20. The zero-order valence-corrected chi connectivity index (χ0v) is 31.6. The SMILES string of the molecule is Cc1cc(C)c(-c2cc(-c3c(C)cc(C)cc3C)c(CCn3cc[n+](C)c3)c(-c3c(C)cc(C)cc3C)c2CCn2cc[n+](C)c2)c(C)c1. The Labute approximate surface area is 294 Å². The van der Waals surface area contributed by atoms with Gasteiger partial charge in [-0.1, -0.05) is 53.1 Å². The van der Waals surface area contributed by atoms with E-state index in [9.17, 15) is 0 Å². The summed E-state index contributed by atoms with van der Waals surface area (Å²) in [5, 5.41) is 0. The van der Waals surface area contributed by atoms with Gasteiger partial charge in [0.1, 0.15) is 24.8 Å². The van der Waals surface area contributed by atoms with Crippen molar-refractivity contribution in [2.45, 2.75) is 88.2 Å². The van der Waals surface area contributed by atoms with E-state index in [4.69, 9.17) is 0 Å². The van der Waals surface area contributed by atoms with Gasteiger partial charge in [0.15, 0.2) is 0 Å². The van der Waals surface area contributed by atoms with Gasteiger partial charge in [-0.2, -0.15) is 0 Å². The molecule has 0 atom stereocenters. The molecule has 2 heterocycles. The van der Waals surface area contributed by atoms with E-state index in [0.717, 1.165) is 25.9 Å². The molecule has 2 aromatic heterocycles. The first-order valence-corrected chi connectivity index (χ1v) is 17.8. The van der Waals surface area contributed by atoms with Gasteiger partial charge >= 0.3 is 0 Å². The second-order valence-electron chi connectivity index (χ2n) is 14.8. The predicted molar refractivity (Wildman–Crippen MR) is 204 cm³/mol. The quantitative estimate of drug-likeness (QED) is 0.139. The van der Waals surface area contributed by atoms with Crippen LogP contribution in [-0.4, -0.2) is 9.13 Å². The lowest BCUT2D eigenvalue weighted by atomic mass is 9.76. The molecule has 6 aromatic rings. The molecular formula is C45H54N4+2. The van der Waals surface area contributed by atoms with Gasteiger partial charge in [-0.05, 0) is 146 Å².